The SMILES string of the molecule is CCCCCCC=CCOC(=O)CCCCCCCC(=O)O. The van der Waals surface area contributed by atoms with E-state index in [0.29, 0.717) is 13.0 Å². The number of hydrogen-bond donors (Lipinski definition) is 1. The van der Waals surface area contributed by atoms with Crippen LogP contribution in [0.3, 0.4) is 0 Å². The second kappa shape index (κ2) is 16.1. The number of carbonyl (C=O) groups is 2. The van der Waals surface area contributed by atoms with Crippen molar-refractivity contribution >= 4 is 11.9 Å². The van der Waals surface area contributed by atoms with Crippen molar-refractivity contribution in [3.8, 4) is 0 Å². The number of carbonyl (C=O) groups excluding carboxylic acids is 1. The molecule has 128 valence electrons. The molecule has 0 rings (SSSR count). The average molecular weight is 312 g/mol. The van der Waals surface area contributed by atoms with Gasteiger partial charge in [-0.25, -0.2) is 0 Å². The predicted octanol–water partition coefficient (Wildman–Crippen LogP) is 4.87. The van der Waals surface area contributed by atoms with Crippen LogP contribution in [-0.2, 0) is 14.3 Å². The summed E-state index contributed by atoms with van der Waals surface area (Å²) in [7, 11) is 0. The number of esters is 1. The Balaban J connectivity index is 3.29. The molecule has 0 fully saturated rings. The van der Waals surface area contributed by atoms with Crippen molar-refractivity contribution in [1.82, 2.24) is 0 Å². The van der Waals surface area contributed by atoms with Crippen molar-refractivity contribution in [3.63, 3.8) is 0 Å². The number of carboxylic acid groups (broad SMARTS) is 1. The molecule has 0 heterocycles. The van der Waals surface area contributed by atoms with Gasteiger partial charge in [0.2, 0.25) is 0 Å². The number of allylic oxidation sites excluding steroid dienone is 1. The minimum Gasteiger partial charge on any atom is -0.481 e. The first-order valence-electron chi connectivity index (χ1n) is 8.69. The molecule has 0 radical (unpaired) electrons. The van der Waals surface area contributed by atoms with Crippen LogP contribution >= 0.6 is 0 Å². The summed E-state index contributed by atoms with van der Waals surface area (Å²) in [5.74, 6) is -0.872. The minimum atomic E-state index is -0.734. The molecule has 4 nitrogen and oxygen atoms in total. The first-order valence-corrected chi connectivity index (χ1v) is 8.69. The number of carboxylic acids is 1. The predicted molar refractivity (Wildman–Crippen MR) is 88.8 cm³/mol. The normalized spacial score (nSPS) is 11.0. The van der Waals surface area contributed by atoms with Crippen LogP contribution in [0, 0.1) is 0 Å². The molecule has 4 heteroatoms. The third kappa shape index (κ3) is 16.7. The molecule has 0 aliphatic heterocycles. The number of aliphatic carboxylic acids is 1. The van der Waals surface area contributed by atoms with Crippen LogP contribution in [-0.4, -0.2) is 23.7 Å². The smallest absolute Gasteiger partial charge is 0.306 e. The molecule has 0 atom stereocenters. The molecular weight excluding hydrogens is 280 g/mol. The van der Waals surface area contributed by atoms with Gasteiger partial charge in [0.1, 0.15) is 6.61 Å². The van der Waals surface area contributed by atoms with E-state index in [1.807, 2.05) is 6.08 Å². The monoisotopic (exact) mass is 312 g/mol. The van der Waals surface area contributed by atoms with Crippen LogP contribution in [0.2, 0.25) is 0 Å². The van der Waals surface area contributed by atoms with E-state index < -0.39 is 5.97 Å². The van der Waals surface area contributed by atoms with E-state index in [1.165, 1.54) is 25.7 Å². The average Bonchev–Trinajstić information content (AvgIpc) is 2.48. The lowest BCUT2D eigenvalue weighted by Gasteiger charge is -2.02. The summed E-state index contributed by atoms with van der Waals surface area (Å²) >= 11 is 0. The Kier molecular flexibility index (Phi) is 15.1. The highest BCUT2D eigenvalue weighted by molar-refractivity contribution is 5.69. The number of ether oxygens (including phenoxy) is 1. The molecule has 0 unspecified atom stereocenters. The van der Waals surface area contributed by atoms with E-state index in [2.05, 4.69) is 13.0 Å². The lowest BCUT2D eigenvalue weighted by atomic mass is 10.1. The summed E-state index contributed by atoms with van der Waals surface area (Å²) in [6, 6.07) is 0. The zero-order chi connectivity index (χ0) is 16.5. The first-order chi connectivity index (χ1) is 10.7. The summed E-state index contributed by atoms with van der Waals surface area (Å²) in [5.41, 5.74) is 0. The van der Waals surface area contributed by atoms with Gasteiger partial charge < -0.3 is 9.84 Å². The molecule has 0 saturated heterocycles. The van der Waals surface area contributed by atoms with Gasteiger partial charge in [0.15, 0.2) is 0 Å². The molecule has 0 aromatic heterocycles. The van der Waals surface area contributed by atoms with E-state index in [-0.39, 0.29) is 12.4 Å². The standard InChI is InChI=1S/C18H32O4/c1-2-3-4-5-6-10-13-16-22-18(21)15-12-9-7-8-11-14-17(19)20/h10,13H,2-9,11-12,14-16H2,1H3,(H,19,20). The molecule has 0 aromatic rings. The number of hydrogen-bond acceptors (Lipinski definition) is 3. The Labute approximate surface area is 134 Å². The molecule has 0 aliphatic carbocycles. The Morgan fingerprint density at radius 1 is 0.864 bits per heavy atom. The lowest BCUT2D eigenvalue weighted by Crippen LogP contribution is -2.04. The highest BCUT2D eigenvalue weighted by atomic mass is 16.5. The molecule has 0 spiro atoms. The van der Waals surface area contributed by atoms with E-state index in [1.54, 1.807) is 0 Å². The number of rotatable bonds is 15. The van der Waals surface area contributed by atoms with Gasteiger partial charge in [0, 0.05) is 12.8 Å². The summed E-state index contributed by atoms with van der Waals surface area (Å²) in [5, 5.41) is 8.50. The molecule has 22 heavy (non-hydrogen) atoms. The first kappa shape index (κ1) is 20.7. The van der Waals surface area contributed by atoms with E-state index >= 15 is 0 Å². The van der Waals surface area contributed by atoms with Gasteiger partial charge in [0.25, 0.3) is 0 Å². The molecule has 0 saturated carbocycles. The third-order valence-corrected chi connectivity index (χ3v) is 3.50. The van der Waals surface area contributed by atoms with Gasteiger partial charge in [0.05, 0.1) is 0 Å². The van der Waals surface area contributed by atoms with E-state index in [4.69, 9.17) is 9.84 Å². The second-order valence-electron chi connectivity index (χ2n) is 5.67. The summed E-state index contributed by atoms with van der Waals surface area (Å²) in [6.07, 6.45) is 15.2. The van der Waals surface area contributed by atoms with Crippen molar-refractivity contribution in [3.05, 3.63) is 12.2 Å². The largest absolute Gasteiger partial charge is 0.481 e. The molecule has 1 N–H and O–H groups in total. The number of unbranched alkanes of at least 4 members (excludes halogenated alkanes) is 8. The van der Waals surface area contributed by atoms with Crippen molar-refractivity contribution in [1.29, 1.82) is 0 Å². The van der Waals surface area contributed by atoms with Crippen LogP contribution in [0.15, 0.2) is 12.2 Å². The molecule has 0 aliphatic rings. The van der Waals surface area contributed by atoms with Crippen LogP contribution < -0.4 is 0 Å². The highest BCUT2D eigenvalue weighted by Crippen LogP contribution is 2.08. The van der Waals surface area contributed by atoms with E-state index in [9.17, 15) is 9.59 Å². The topological polar surface area (TPSA) is 63.6 Å². The van der Waals surface area contributed by atoms with Gasteiger partial charge in [-0.3, -0.25) is 9.59 Å². The van der Waals surface area contributed by atoms with Gasteiger partial charge >= 0.3 is 11.9 Å². The fraction of sp³-hybridized carbons (Fsp3) is 0.778. The van der Waals surface area contributed by atoms with Crippen molar-refractivity contribution < 1.29 is 19.4 Å². The Bertz CT molecular complexity index is 310. The summed E-state index contributed by atoms with van der Waals surface area (Å²) < 4.78 is 5.13. The van der Waals surface area contributed by atoms with Gasteiger partial charge in [-0.15, -0.1) is 0 Å². The Morgan fingerprint density at radius 3 is 2.18 bits per heavy atom. The van der Waals surface area contributed by atoms with Gasteiger partial charge in [-0.1, -0.05) is 57.6 Å². The van der Waals surface area contributed by atoms with Crippen molar-refractivity contribution in [2.24, 2.45) is 0 Å². The maximum absolute atomic E-state index is 11.5. The molecule has 0 aromatic carbocycles. The third-order valence-electron chi connectivity index (χ3n) is 3.50. The Morgan fingerprint density at radius 2 is 1.50 bits per heavy atom. The quantitative estimate of drug-likeness (QED) is 0.266. The highest BCUT2D eigenvalue weighted by Gasteiger charge is 2.01. The maximum atomic E-state index is 11.5. The fourth-order valence-corrected chi connectivity index (χ4v) is 2.16. The molecule has 0 bridgehead atoms. The zero-order valence-corrected chi connectivity index (χ0v) is 14.0. The minimum absolute atomic E-state index is 0.138. The second-order valence-corrected chi connectivity index (χ2v) is 5.67. The fourth-order valence-electron chi connectivity index (χ4n) is 2.16. The van der Waals surface area contributed by atoms with E-state index in [0.717, 1.165) is 38.5 Å². The Hall–Kier alpha value is -1.32. The maximum Gasteiger partial charge on any atom is 0.306 e. The van der Waals surface area contributed by atoms with Crippen LogP contribution in [0.1, 0.15) is 84.0 Å². The molecule has 0 amide bonds. The zero-order valence-electron chi connectivity index (χ0n) is 14.0. The lowest BCUT2D eigenvalue weighted by molar-refractivity contribution is -0.142. The van der Waals surface area contributed by atoms with Crippen LogP contribution in [0.25, 0.3) is 0 Å². The van der Waals surface area contributed by atoms with Crippen LogP contribution in [0.5, 0.6) is 0 Å². The van der Waals surface area contributed by atoms with Crippen LogP contribution in [0.4, 0.5) is 0 Å². The van der Waals surface area contributed by atoms with Gasteiger partial charge in [-0.2, -0.15) is 0 Å². The summed E-state index contributed by atoms with van der Waals surface area (Å²) in [6.45, 7) is 2.58. The van der Waals surface area contributed by atoms with Gasteiger partial charge in [-0.05, 0) is 25.7 Å². The summed E-state index contributed by atoms with van der Waals surface area (Å²) in [4.78, 5) is 21.8. The van der Waals surface area contributed by atoms with Crippen molar-refractivity contribution in [2.75, 3.05) is 6.61 Å². The van der Waals surface area contributed by atoms with Crippen molar-refractivity contribution in [2.45, 2.75) is 84.0 Å². The molecular formula is C18H32O4.